The van der Waals surface area contributed by atoms with Gasteiger partial charge in [-0.15, -0.1) is 0 Å². The van der Waals surface area contributed by atoms with E-state index in [0.29, 0.717) is 17.5 Å². The van der Waals surface area contributed by atoms with Crippen LogP contribution in [0.25, 0.3) is 5.69 Å². The van der Waals surface area contributed by atoms with Gasteiger partial charge >= 0.3 is 0 Å². The highest BCUT2D eigenvalue weighted by molar-refractivity contribution is 5.89. The molecule has 0 unspecified atom stereocenters. The number of hydrogen-bond donors (Lipinski definition) is 1. The van der Waals surface area contributed by atoms with Crippen LogP contribution in [-0.4, -0.2) is 27.8 Å². The zero-order chi connectivity index (χ0) is 15.3. The third kappa shape index (κ3) is 1.90. The van der Waals surface area contributed by atoms with Crippen LogP contribution in [0.15, 0.2) is 24.3 Å². The lowest BCUT2D eigenvalue weighted by molar-refractivity contribution is -0.120. The fourth-order valence-corrected chi connectivity index (χ4v) is 2.83. The van der Waals surface area contributed by atoms with Crippen molar-refractivity contribution < 1.29 is 9.53 Å². The summed E-state index contributed by atoms with van der Waals surface area (Å²) in [6.07, 6.45) is 3.69. The minimum absolute atomic E-state index is 0.321. The number of nitrogens with two attached hydrogens (primary N) is 1. The Labute approximate surface area is 128 Å². The molecule has 0 bridgehead atoms. The van der Waals surface area contributed by atoms with E-state index in [0.717, 1.165) is 37.2 Å². The Kier molecular flexibility index (Phi) is 2.76. The molecule has 114 valence electrons. The first-order valence-corrected chi connectivity index (χ1v) is 7.56. The van der Waals surface area contributed by atoms with Crippen LogP contribution in [-0.2, 0) is 10.2 Å². The van der Waals surface area contributed by atoms with E-state index < -0.39 is 5.41 Å². The van der Waals surface area contributed by atoms with E-state index in [9.17, 15) is 4.79 Å². The summed E-state index contributed by atoms with van der Waals surface area (Å²) in [6, 6.07) is 7.62. The normalized spacial score (nSPS) is 19.0. The first kappa shape index (κ1) is 13.3. The Morgan fingerprint density at radius 2 is 2.09 bits per heavy atom. The van der Waals surface area contributed by atoms with Crippen molar-refractivity contribution in [1.29, 1.82) is 0 Å². The van der Waals surface area contributed by atoms with Gasteiger partial charge in [0.2, 0.25) is 5.91 Å². The topological polar surface area (TPSA) is 83.0 Å². The van der Waals surface area contributed by atoms with Crippen LogP contribution < -0.4 is 10.5 Å². The van der Waals surface area contributed by atoms with Crippen LogP contribution in [0.2, 0.25) is 0 Å². The molecule has 0 atom stereocenters. The SMILES string of the molecule is COc1ccccc1-n1nc(C2CC2)nc1C1(C(N)=O)CC1. The summed E-state index contributed by atoms with van der Waals surface area (Å²) in [5.74, 6) is 2.27. The van der Waals surface area contributed by atoms with E-state index in [1.807, 2.05) is 24.3 Å². The monoisotopic (exact) mass is 298 g/mol. The fraction of sp³-hybridized carbons (Fsp3) is 0.438. The van der Waals surface area contributed by atoms with E-state index >= 15 is 0 Å². The molecule has 0 aliphatic heterocycles. The Hall–Kier alpha value is -2.37. The van der Waals surface area contributed by atoms with Gasteiger partial charge in [-0.2, -0.15) is 5.10 Å². The van der Waals surface area contributed by atoms with E-state index in [2.05, 4.69) is 10.1 Å². The maximum atomic E-state index is 11.9. The van der Waals surface area contributed by atoms with Gasteiger partial charge in [-0.25, -0.2) is 9.67 Å². The highest BCUT2D eigenvalue weighted by Crippen LogP contribution is 2.49. The van der Waals surface area contributed by atoms with Gasteiger partial charge in [0, 0.05) is 5.92 Å². The largest absolute Gasteiger partial charge is 0.494 e. The van der Waals surface area contributed by atoms with Crippen molar-refractivity contribution in [1.82, 2.24) is 14.8 Å². The predicted molar refractivity (Wildman–Crippen MR) is 80.0 cm³/mol. The van der Waals surface area contributed by atoms with Crippen LogP contribution in [0.4, 0.5) is 0 Å². The number of carbonyl (C=O) groups is 1. The van der Waals surface area contributed by atoms with Crippen LogP contribution in [0.1, 0.15) is 43.3 Å². The molecule has 2 fully saturated rings. The minimum atomic E-state index is -0.666. The Bertz CT molecular complexity index is 744. The standard InChI is InChI=1S/C16H18N4O2/c1-22-12-5-3-2-4-11(12)20-15(16(8-9-16)14(17)21)18-13(19-20)10-6-7-10/h2-5,10H,6-9H2,1H3,(H2,17,21). The third-order valence-corrected chi connectivity index (χ3v) is 4.53. The molecule has 2 N–H and O–H groups in total. The molecule has 2 saturated carbocycles. The Morgan fingerprint density at radius 1 is 1.36 bits per heavy atom. The van der Waals surface area contributed by atoms with E-state index in [1.54, 1.807) is 11.8 Å². The number of ether oxygens (including phenoxy) is 1. The lowest BCUT2D eigenvalue weighted by Crippen LogP contribution is -2.31. The highest BCUT2D eigenvalue weighted by atomic mass is 16.5. The number of nitrogens with zero attached hydrogens (tertiary/aromatic N) is 3. The van der Waals surface area contributed by atoms with Crippen LogP contribution in [0.3, 0.4) is 0 Å². The summed E-state index contributed by atoms with van der Waals surface area (Å²) in [5.41, 5.74) is 5.76. The number of aromatic nitrogens is 3. The van der Waals surface area contributed by atoms with Crippen molar-refractivity contribution in [2.75, 3.05) is 7.11 Å². The molecule has 1 aromatic heterocycles. The number of methoxy groups -OCH3 is 1. The summed E-state index contributed by atoms with van der Waals surface area (Å²) in [6.45, 7) is 0. The molecular weight excluding hydrogens is 280 g/mol. The van der Waals surface area contributed by atoms with Crippen molar-refractivity contribution in [3.05, 3.63) is 35.9 Å². The summed E-state index contributed by atoms with van der Waals surface area (Å²) in [5, 5.41) is 4.66. The molecule has 2 aromatic rings. The molecule has 1 heterocycles. The second-order valence-electron chi connectivity index (χ2n) is 6.10. The van der Waals surface area contributed by atoms with Gasteiger partial charge in [-0.1, -0.05) is 12.1 Å². The number of rotatable bonds is 5. The van der Waals surface area contributed by atoms with Gasteiger partial charge in [0.05, 0.1) is 7.11 Å². The first-order chi connectivity index (χ1) is 10.7. The molecule has 2 aliphatic rings. The molecular formula is C16H18N4O2. The maximum Gasteiger partial charge on any atom is 0.231 e. The average molecular weight is 298 g/mol. The molecule has 0 saturated heterocycles. The maximum absolute atomic E-state index is 11.9. The van der Waals surface area contributed by atoms with Gasteiger partial charge in [0.1, 0.15) is 22.7 Å². The van der Waals surface area contributed by atoms with Crippen molar-refractivity contribution in [2.45, 2.75) is 37.0 Å². The van der Waals surface area contributed by atoms with Gasteiger partial charge in [0.25, 0.3) is 0 Å². The number of carbonyl (C=O) groups excluding carboxylic acids is 1. The number of hydrogen-bond acceptors (Lipinski definition) is 4. The van der Waals surface area contributed by atoms with Crippen molar-refractivity contribution in [2.24, 2.45) is 5.73 Å². The molecule has 6 heteroatoms. The minimum Gasteiger partial charge on any atom is -0.494 e. The van der Waals surface area contributed by atoms with Gasteiger partial charge in [0.15, 0.2) is 5.82 Å². The van der Waals surface area contributed by atoms with Gasteiger partial charge in [-0.3, -0.25) is 4.79 Å². The van der Waals surface area contributed by atoms with Crippen molar-refractivity contribution >= 4 is 5.91 Å². The summed E-state index contributed by atoms with van der Waals surface area (Å²) in [7, 11) is 1.62. The number of para-hydroxylation sites is 2. The second kappa shape index (κ2) is 4.56. The first-order valence-electron chi connectivity index (χ1n) is 7.56. The zero-order valence-electron chi connectivity index (χ0n) is 12.5. The lowest BCUT2D eigenvalue weighted by atomic mass is 10.1. The number of amides is 1. The van der Waals surface area contributed by atoms with Crippen LogP contribution in [0.5, 0.6) is 5.75 Å². The second-order valence-corrected chi connectivity index (χ2v) is 6.10. The van der Waals surface area contributed by atoms with Crippen molar-refractivity contribution in [3.63, 3.8) is 0 Å². The predicted octanol–water partition coefficient (Wildman–Crippen LogP) is 1.67. The summed E-state index contributed by atoms with van der Waals surface area (Å²) < 4.78 is 7.18. The molecule has 6 nitrogen and oxygen atoms in total. The molecule has 0 radical (unpaired) electrons. The molecule has 4 rings (SSSR count). The average Bonchev–Trinajstić information content (AvgIpc) is 3.45. The number of benzene rings is 1. The molecule has 2 aliphatic carbocycles. The zero-order valence-corrected chi connectivity index (χ0v) is 12.5. The Morgan fingerprint density at radius 3 is 2.68 bits per heavy atom. The molecule has 0 spiro atoms. The number of primary amides is 1. The summed E-state index contributed by atoms with van der Waals surface area (Å²) >= 11 is 0. The quantitative estimate of drug-likeness (QED) is 0.910. The van der Waals surface area contributed by atoms with E-state index in [4.69, 9.17) is 10.5 Å². The highest BCUT2D eigenvalue weighted by Gasteiger charge is 2.54. The van der Waals surface area contributed by atoms with Gasteiger partial charge < -0.3 is 10.5 Å². The molecule has 1 amide bonds. The third-order valence-electron chi connectivity index (χ3n) is 4.53. The van der Waals surface area contributed by atoms with Crippen molar-refractivity contribution in [3.8, 4) is 11.4 Å². The van der Waals surface area contributed by atoms with Gasteiger partial charge in [-0.05, 0) is 37.8 Å². The lowest BCUT2D eigenvalue weighted by Gasteiger charge is -2.14. The molecule has 22 heavy (non-hydrogen) atoms. The summed E-state index contributed by atoms with van der Waals surface area (Å²) in [4.78, 5) is 16.6. The fourth-order valence-electron chi connectivity index (χ4n) is 2.83. The Balaban J connectivity index is 1.89. The van der Waals surface area contributed by atoms with Crippen LogP contribution in [0, 0.1) is 0 Å². The van der Waals surface area contributed by atoms with E-state index in [1.165, 1.54) is 0 Å². The smallest absolute Gasteiger partial charge is 0.231 e. The van der Waals surface area contributed by atoms with Crippen LogP contribution >= 0.6 is 0 Å². The van der Waals surface area contributed by atoms with E-state index in [-0.39, 0.29) is 5.91 Å². The molecule has 1 aromatic carbocycles.